The Labute approximate surface area is 73.7 Å². The first-order valence-electron chi connectivity index (χ1n) is 3.41. The minimum absolute atomic E-state index is 0.375. The maximum absolute atomic E-state index is 8.69. The van der Waals surface area contributed by atoms with Gasteiger partial charge in [0.25, 0.3) is 0 Å². The molecule has 0 aromatic heterocycles. The van der Waals surface area contributed by atoms with Gasteiger partial charge in [-0.1, -0.05) is 19.6 Å². The van der Waals surface area contributed by atoms with Crippen molar-refractivity contribution < 1.29 is 14.3 Å². The third-order valence-corrected chi connectivity index (χ3v) is 3.65. The topological polar surface area (TPSA) is 49.7 Å². The summed E-state index contributed by atoms with van der Waals surface area (Å²) in [6.45, 7) is 3.55. The van der Waals surface area contributed by atoms with E-state index < -0.39 is 14.8 Å². The van der Waals surface area contributed by atoms with Crippen LogP contribution in [0.2, 0.25) is 25.7 Å². The second kappa shape index (κ2) is 4.12. The van der Waals surface area contributed by atoms with Crippen LogP contribution in [0.15, 0.2) is 0 Å². The maximum Gasteiger partial charge on any atom is 0.321 e. The predicted molar refractivity (Wildman–Crippen MR) is 52.8 cm³/mol. The van der Waals surface area contributed by atoms with Crippen LogP contribution in [-0.2, 0) is 16.3 Å². The van der Waals surface area contributed by atoms with Gasteiger partial charge in [0.2, 0.25) is 0 Å². The van der Waals surface area contributed by atoms with Crippen molar-refractivity contribution >= 4 is 26.6 Å². The van der Waals surface area contributed by atoms with E-state index in [1.54, 1.807) is 0 Å². The molecule has 6 heteroatoms. The Kier molecular flexibility index (Phi) is 4.40. The monoisotopic (exact) mass is 214 g/mol. The highest BCUT2D eigenvalue weighted by atomic mass is 32.5. The van der Waals surface area contributed by atoms with Gasteiger partial charge in [0, 0.05) is 8.07 Å². The zero-order valence-electron chi connectivity index (χ0n) is 7.07. The van der Waals surface area contributed by atoms with Gasteiger partial charge in [-0.2, -0.15) is 0 Å². The van der Waals surface area contributed by atoms with Gasteiger partial charge in [-0.25, -0.2) is 0 Å². The molecule has 3 nitrogen and oxygen atoms in total. The number of rotatable bonds is 4. The normalized spacial score (nSPS) is 13.5. The fourth-order valence-electron chi connectivity index (χ4n) is 0.471. The first kappa shape index (κ1) is 11.7. The van der Waals surface area contributed by atoms with Crippen molar-refractivity contribution in [1.29, 1.82) is 0 Å². The van der Waals surface area contributed by atoms with E-state index in [4.69, 9.17) is 9.79 Å². The van der Waals surface area contributed by atoms with Crippen LogP contribution < -0.4 is 0 Å². The molecular weight excluding hydrogens is 199 g/mol. The lowest BCUT2D eigenvalue weighted by Gasteiger charge is -2.16. The quantitative estimate of drug-likeness (QED) is 0.550. The molecule has 0 saturated carbocycles. The molecule has 0 unspecified atom stereocenters. The lowest BCUT2D eigenvalue weighted by Crippen LogP contribution is -2.21. The zero-order valence-corrected chi connectivity index (χ0v) is 9.78. The minimum atomic E-state index is -3.40. The number of hydrogen-bond donors (Lipinski definition) is 2. The molecule has 0 saturated heterocycles. The van der Waals surface area contributed by atoms with Crippen molar-refractivity contribution in [2.24, 2.45) is 0 Å². The summed E-state index contributed by atoms with van der Waals surface area (Å²) in [6, 6.07) is 0.909. The molecule has 0 bridgehead atoms. The van der Waals surface area contributed by atoms with Gasteiger partial charge in [-0.15, -0.1) is 0 Å². The first-order chi connectivity index (χ1) is 4.71. The van der Waals surface area contributed by atoms with Crippen molar-refractivity contribution in [3.8, 4) is 0 Å². The Hall–Kier alpha value is 0.747. The van der Waals surface area contributed by atoms with Crippen LogP contribution in [0.3, 0.4) is 0 Å². The molecule has 11 heavy (non-hydrogen) atoms. The maximum atomic E-state index is 8.69. The molecule has 0 atom stereocenters. The summed E-state index contributed by atoms with van der Waals surface area (Å²) < 4.78 is 4.68. The highest BCUT2D eigenvalue weighted by Gasteiger charge is 2.15. The standard InChI is InChI=1S/C5H15O3PSSi/c1-11(2,3)5-4-8-9(6,7)10/h4-5H2,1-3H3,(H2,6,7,10). The summed E-state index contributed by atoms with van der Waals surface area (Å²) in [7, 11) is -1.13. The van der Waals surface area contributed by atoms with Gasteiger partial charge in [-0.05, 0) is 17.9 Å². The van der Waals surface area contributed by atoms with Crippen LogP contribution in [0, 0.1) is 0 Å². The van der Waals surface area contributed by atoms with Crippen LogP contribution in [0.1, 0.15) is 0 Å². The Balaban J connectivity index is 3.52. The Morgan fingerprint density at radius 2 is 1.82 bits per heavy atom. The molecule has 68 valence electrons. The SMILES string of the molecule is C[Si](C)(C)CCOP(O)(O)=S. The summed E-state index contributed by atoms with van der Waals surface area (Å²) in [5, 5.41) is 0. The van der Waals surface area contributed by atoms with Gasteiger partial charge < -0.3 is 14.3 Å². The summed E-state index contributed by atoms with van der Waals surface area (Å²) >= 11 is 4.29. The van der Waals surface area contributed by atoms with Gasteiger partial charge >= 0.3 is 6.72 Å². The van der Waals surface area contributed by atoms with E-state index in [1.807, 2.05) is 0 Å². The fourth-order valence-corrected chi connectivity index (χ4v) is 1.91. The highest BCUT2D eigenvalue weighted by Crippen LogP contribution is 2.36. The third-order valence-electron chi connectivity index (χ3n) is 1.11. The molecular formula is C5H15O3PSSi. The Morgan fingerprint density at radius 1 is 1.36 bits per heavy atom. The van der Waals surface area contributed by atoms with Crippen LogP contribution in [-0.4, -0.2) is 24.5 Å². The molecule has 0 radical (unpaired) electrons. The summed E-state index contributed by atoms with van der Waals surface area (Å²) in [4.78, 5) is 17.4. The lowest BCUT2D eigenvalue weighted by molar-refractivity contribution is 0.264. The second-order valence-corrected chi connectivity index (χ2v) is 11.9. The predicted octanol–water partition coefficient (Wildman–Crippen LogP) is 1.55. The zero-order chi connectivity index (χ0) is 9.12. The molecule has 0 fully saturated rings. The molecule has 0 aromatic carbocycles. The lowest BCUT2D eigenvalue weighted by atomic mass is 10.9. The van der Waals surface area contributed by atoms with Crippen LogP contribution in [0.25, 0.3) is 0 Å². The van der Waals surface area contributed by atoms with Gasteiger partial charge in [-0.3, -0.25) is 0 Å². The third kappa shape index (κ3) is 10.7. The highest BCUT2D eigenvalue weighted by molar-refractivity contribution is 8.06. The molecule has 0 aliphatic carbocycles. The first-order valence-corrected chi connectivity index (χ1v) is 9.74. The smallest absolute Gasteiger partial charge is 0.321 e. The van der Waals surface area contributed by atoms with Crippen LogP contribution >= 0.6 is 6.72 Å². The molecule has 2 N–H and O–H groups in total. The second-order valence-electron chi connectivity index (χ2n) is 3.63. The summed E-state index contributed by atoms with van der Waals surface area (Å²) in [5.74, 6) is 0. The molecule has 0 aliphatic heterocycles. The van der Waals surface area contributed by atoms with Crippen molar-refractivity contribution in [1.82, 2.24) is 0 Å². The van der Waals surface area contributed by atoms with Crippen molar-refractivity contribution in [2.45, 2.75) is 25.7 Å². The molecule has 0 aromatic rings. The fraction of sp³-hybridized carbons (Fsp3) is 1.00. The van der Waals surface area contributed by atoms with Gasteiger partial charge in [0.15, 0.2) is 0 Å². The summed E-state index contributed by atoms with van der Waals surface area (Å²) in [6.07, 6.45) is 0. The van der Waals surface area contributed by atoms with E-state index >= 15 is 0 Å². The van der Waals surface area contributed by atoms with E-state index in [9.17, 15) is 0 Å². The molecule has 0 spiro atoms. The molecule has 0 amide bonds. The van der Waals surface area contributed by atoms with Crippen molar-refractivity contribution in [3.63, 3.8) is 0 Å². The van der Waals surface area contributed by atoms with Crippen LogP contribution in [0.5, 0.6) is 0 Å². The van der Waals surface area contributed by atoms with Crippen LogP contribution in [0.4, 0.5) is 0 Å². The van der Waals surface area contributed by atoms with Crippen molar-refractivity contribution in [2.75, 3.05) is 6.61 Å². The van der Waals surface area contributed by atoms with Crippen molar-refractivity contribution in [3.05, 3.63) is 0 Å². The Morgan fingerprint density at radius 3 is 2.09 bits per heavy atom. The van der Waals surface area contributed by atoms with Gasteiger partial charge in [0.05, 0.1) is 6.61 Å². The summed E-state index contributed by atoms with van der Waals surface area (Å²) in [5.41, 5.74) is 0. The van der Waals surface area contributed by atoms with E-state index in [0.29, 0.717) is 6.61 Å². The molecule has 0 heterocycles. The Bertz CT molecular complexity index is 162. The molecule has 0 aliphatic rings. The minimum Gasteiger partial charge on any atom is -0.325 e. The van der Waals surface area contributed by atoms with E-state index in [0.717, 1.165) is 6.04 Å². The van der Waals surface area contributed by atoms with E-state index in [-0.39, 0.29) is 0 Å². The molecule has 0 rings (SSSR count). The number of hydrogen-bond acceptors (Lipinski definition) is 2. The average Bonchev–Trinajstić information content (AvgIpc) is 1.55. The van der Waals surface area contributed by atoms with Gasteiger partial charge in [0.1, 0.15) is 0 Å². The average molecular weight is 214 g/mol. The van der Waals surface area contributed by atoms with E-state index in [1.165, 1.54) is 0 Å². The van der Waals surface area contributed by atoms with E-state index in [2.05, 4.69) is 36.0 Å². The largest absolute Gasteiger partial charge is 0.325 e.